The highest BCUT2D eigenvalue weighted by atomic mass is 32.3. The lowest BCUT2D eigenvalue weighted by molar-refractivity contribution is 0.381. The van der Waals surface area contributed by atoms with Gasteiger partial charge in [-0.15, -0.1) is 0 Å². The second-order valence-corrected chi connectivity index (χ2v) is 4.22. The molecule has 2 aromatic rings. The number of nitrogens with zero attached hydrogens (tertiary/aromatic N) is 2. The van der Waals surface area contributed by atoms with Gasteiger partial charge in [0.2, 0.25) is 0 Å². The molecule has 0 aliphatic carbocycles. The lowest BCUT2D eigenvalue weighted by Crippen LogP contribution is -1.92. The lowest BCUT2D eigenvalue weighted by Gasteiger charge is -2.01. The molecule has 0 fully saturated rings. The number of nitriles is 1. The van der Waals surface area contributed by atoms with Crippen LogP contribution in [0.5, 0.6) is 0 Å². The molecule has 1 aromatic heterocycles. The maximum absolute atomic E-state index is 8.82. The molecule has 0 aliphatic heterocycles. The number of imidazole rings is 1. The van der Waals surface area contributed by atoms with Crippen molar-refractivity contribution in [2.45, 2.75) is 6.92 Å². The van der Waals surface area contributed by atoms with Crippen molar-refractivity contribution in [1.82, 2.24) is 9.97 Å². The Kier molecular flexibility index (Phi) is 3.87. The average molecular weight is 270 g/mol. The van der Waals surface area contributed by atoms with Crippen molar-refractivity contribution in [3.63, 3.8) is 0 Å². The molecule has 1 aromatic carbocycles. The van der Waals surface area contributed by atoms with Gasteiger partial charge >= 0.3 is 10.4 Å². The predicted octanol–water partition coefficient (Wildman–Crippen LogP) is 0.672. The summed E-state index contributed by atoms with van der Waals surface area (Å²) in [6, 6.07) is 3.74. The normalized spacial score (nSPS) is 10.6. The van der Waals surface area contributed by atoms with Crippen LogP contribution in [0, 0.1) is 18.3 Å². The number of aromatic nitrogens is 2. The highest BCUT2D eigenvalue weighted by Crippen LogP contribution is 2.23. The number of H-pyrrole nitrogens is 1. The molecule has 0 amide bonds. The fraction of sp³-hybridized carbons (Fsp3) is 0.111. The summed E-state index contributed by atoms with van der Waals surface area (Å²) >= 11 is 0. The monoisotopic (exact) mass is 270 g/mol. The maximum atomic E-state index is 8.82. The van der Waals surface area contributed by atoms with Gasteiger partial charge in [0.1, 0.15) is 6.07 Å². The molecule has 0 bridgehead atoms. The predicted molar refractivity (Wildman–Crippen MR) is 64.1 cm³/mol. The molecule has 96 valence electrons. The van der Waals surface area contributed by atoms with Gasteiger partial charge in [-0.2, -0.15) is 13.7 Å². The lowest BCUT2D eigenvalue weighted by atomic mass is 10.1. The van der Waals surface area contributed by atoms with Crippen LogP contribution in [0.3, 0.4) is 0 Å². The number of aromatic amines is 1. The molecule has 2 rings (SSSR count). The molecule has 1 heterocycles. The van der Waals surface area contributed by atoms with Gasteiger partial charge in [-0.25, -0.2) is 4.98 Å². The van der Waals surface area contributed by atoms with Crippen LogP contribution < -0.4 is 5.73 Å². The largest absolute Gasteiger partial charge is 0.398 e. The minimum Gasteiger partial charge on any atom is -0.398 e. The van der Waals surface area contributed by atoms with Crippen molar-refractivity contribution in [2.75, 3.05) is 5.73 Å². The summed E-state index contributed by atoms with van der Waals surface area (Å²) < 4.78 is 31.6. The summed E-state index contributed by atoms with van der Waals surface area (Å²) in [7, 11) is -4.67. The van der Waals surface area contributed by atoms with E-state index in [0.717, 1.165) is 16.6 Å². The number of fused-ring (bicyclic) bond motifs is 1. The van der Waals surface area contributed by atoms with Gasteiger partial charge in [0.25, 0.3) is 0 Å². The SMILES string of the molecule is Cc1c(N)cc(C#N)c2[nH]cnc12.O=S(=O)(O)O. The number of nitrogens with one attached hydrogen (secondary N) is 1. The van der Waals surface area contributed by atoms with E-state index in [1.165, 1.54) is 0 Å². The smallest absolute Gasteiger partial charge is 0.394 e. The number of nitrogen functional groups attached to an aromatic ring is 1. The number of benzene rings is 1. The molecule has 0 spiro atoms. The van der Waals surface area contributed by atoms with Gasteiger partial charge < -0.3 is 10.7 Å². The number of nitrogens with two attached hydrogens (primary N) is 1. The molecular formula is C9H10N4O4S. The Morgan fingerprint density at radius 1 is 1.50 bits per heavy atom. The van der Waals surface area contributed by atoms with Crippen LogP contribution in [0.4, 0.5) is 5.69 Å². The van der Waals surface area contributed by atoms with Crippen molar-refractivity contribution in [3.05, 3.63) is 23.5 Å². The second-order valence-electron chi connectivity index (χ2n) is 3.32. The van der Waals surface area contributed by atoms with Crippen LogP contribution >= 0.6 is 0 Å². The maximum Gasteiger partial charge on any atom is 0.394 e. The van der Waals surface area contributed by atoms with Gasteiger partial charge in [0, 0.05) is 5.69 Å². The first kappa shape index (κ1) is 13.9. The minimum atomic E-state index is -4.67. The van der Waals surface area contributed by atoms with Gasteiger partial charge in [0.15, 0.2) is 0 Å². The summed E-state index contributed by atoms with van der Waals surface area (Å²) in [5.41, 5.74) is 9.31. The summed E-state index contributed by atoms with van der Waals surface area (Å²) in [5.74, 6) is 0. The summed E-state index contributed by atoms with van der Waals surface area (Å²) in [5, 5.41) is 8.82. The zero-order chi connectivity index (χ0) is 13.9. The summed E-state index contributed by atoms with van der Waals surface area (Å²) in [4.78, 5) is 7.02. The molecule has 5 N–H and O–H groups in total. The number of hydrogen-bond donors (Lipinski definition) is 4. The highest BCUT2D eigenvalue weighted by Gasteiger charge is 2.08. The number of anilines is 1. The Bertz CT molecular complexity index is 706. The van der Waals surface area contributed by atoms with E-state index >= 15 is 0 Å². The third kappa shape index (κ3) is 3.42. The Balaban J connectivity index is 0.000000280. The van der Waals surface area contributed by atoms with Crippen molar-refractivity contribution >= 4 is 27.1 Å². The molecule has 0 unspecified atom stereocenters. The molecule has 8 nitrogen and oxygen atoms in total. The topological polar surface area (TPSA) is 153 Å². The molecule has 0 atom stereocenters. The molecule has 0 radical (unpaired) electrons. The molecule has 18 heavy (non-hydrogen) atoms. The number of rotatable bonds is 0. The van der Waals surface area contributed by atoms with Crippen molar-refractivity contribution in [3.8, 4) is 6.07 Å². The average Bonchev–Trinajstić information content (AvgIpc) is 2.70. The van der Waals surface area contributed by atoms with Gasteiger partial charge in [-0.3, -0.25) is 9.11 Å². The second kappa shape index (κ2) is 5.01. The van der Waals surface area contributed by atoms with Crippen molar-refractivity contribution in [2.24, 2.45) is 0 Å². The first-order chi connectivity index (χ1) is 8.24. The third-order valence-corrected chi connectivity index (χ3v) is 2.12. The molecule has 0 aliphatic rings. The quantitative estimate of drug-likeness (QED) is 0.405. The van der Waals surface area contributed by atoms with E-state index in [1.54, 1.807) is 12.4 Å². The van der Waals surface area contributed by atoms with Gasteiger partial charge in [0.05, 0.1) is 22.9 Å². The van der Waals surface area contributed by atoms with Gasteiger partial charge in [-0.05, 0) is 18.6 Å². The molecule has 9 heteroatoms. The Labute approximate surface area is 103 Å². The fourth-order valence-electron chi connectivity index (χ4n) is 1.34. The first-order valence-electron chi connectivity index (χ1n) is 4.56. The Morgan fingerprint density at radius 2 is 2.06 bits per heavy atom. The Morgan fingerprint density at radius 3 is 2.56 bits per heavy atom. The van der Waals surface area contributed by atoms with E-state index in [2.05, 4.69) is 16.0 Å². The fourth-order valence-corrected chi connectivity index (χ4v) is 1.34. The summed E-state index contributed by atoms with van der Waals surface area (Å²) in [6.07, 6.45) is 1.57. The van der Waals surface area contributed by atoms with E-state index < -0.39 is 10.4 Å². The standard InChI is InChI=1S/C9H8N4.H2O4S/c1-5-7(11)2-6(3-10)9-8(5)12-4-13-9;1-5(2,3)4/h2,4H,11H2,1H3,(H,12,13);(H2,1,2,3,4). The van der Waals surface area contributed by atoms with Crippen LogP contribution in [0.15, 0.2) is 12.4 Å². The van der Waals surface area contributed by atoms with Crippen LogP contribution in [-0.2, 0) is 10.4 Å². The zero-order valence-electron chi connectivity index (χ0n) is 9.25. The molecule has 0 saturated carbocycles. The van der Waals surface area contributed by atoms with E-state index in [9.17, 15) is 0 Å². The van der Waals surface area contributed by atoms with Crippen molar-refractivity contribution in [1.29, 1.82) is 5.26 Å². The van der Waals surface area contributed by atoms with E-state index in [-0.39, 0.29) is 0 Å². The van der Waals surface area contributed by atoms with E-state index in [4.69, 9.17) is 28.5 Å². The van der Waals surface area contributed by atoms with Crippen LogP contribution in [-0.4, -0.2) is 27.5 Å². The first-order valence-corrected chi connectivity index (χ1v) is 5.96. The molecule has 0 saturated heterocycles. The van der Waals surface area contributed by atoms with E-state index in [1.807, 2.05) is 6.92 Å². The van der Waals surface area contributed by atoms with Gasteiger partial charge in [-0.1, -0.05) is 0 Å². The Hall–Kier alpha value is -2.15. The highest BCUT2D eigenvalue weighted by molar-refractivity contribution is 7.79. The third-order valence-electron chi connectivity index (χ3n) is 2.12. The van der Waals surface area contributed by atoms with Crippen LogP contribution in [0.25, 0.3) is 11.0 Å². The zero-order valence-corrected chi connectivity index (χ0v) is 10.1. The van der Waals surface area contributed by atoms with Crippen LogP contribution in [0.1, 0.15) is 11.1 Å². The van der Waals surface area contributed by atoms with E-state index in [0.29, 0.717) is 11.3 Å². The number of aryl methyl sites for hydroxylation is 1. The number of hydrogen-bond acceptors (Lipinski definition) is 5. The molecular weight excluding hydrogens is 260 g/mol. The summed E-state index contributed by atoms with van der Waals surface area (Å²) in [6.45, 7) is 1.89. The van der Waals surface area contributed by atoms with Crippen LogP contribution in [0.2, 0.25) is 0 Å². The van der Waals surface area contributed by atoms with Crippen molar-refractivity contribution < 1.29 is 17.5 Å². The minimum absolute atomic E-state index is 0.538.